The van der Waals surface area contributed by atoms with Crippen molar-refractivity contribution in [2.75, 3.05) is 38.2 Å². The summed E-state index contributed by atoms with van der Waals surface area (Å²) in [6, 6.07) is 11.7. The Bertz CT molecular complexity index is 1000. The number of urea groups is 1. The van der Waals surface area contributed by atoms with Crippen molar-refractivity contribution < 1.29 is 24.5 Å². The Labute approximate surface area is 199 Å². The highest BCUT2D eigenvalue weighted by molar-refractivity contribution is 5.89. The molecule has 2 aromatic carbocycles. The summed E-state index contributed by atoms with van der Waals surface area (Å²) >= 11 is 0. The molecule has 3 rings (SSSR count). The Morgan fingerprint density at radius 2 is 1.85 bits per heavy atom. The average Bonchev–Trinajstić information content (AvgIpc) is 2.79. The third-order valence-corrected chi connectivity index (χ3v) is 5.79. The molecule has 1 fully saturated rings. The first kappa shape index (κ1) is 25.5. The maximum atomic E-state index is 12.6. The van der Waals surface area contributed by atoms with E-state index < -0.39 is 12.1 Å². The first-order valence-electron chi connectivity index (χ1n) is 11.4. The van der Waals surface area contributed by atoms with Crippen molar-refractivity contribution in [1.82, 2.24) is 10.2 Å². The number of aromatic hydroxyl groups is 1. The number of amides is 3. The summed E-state index contributed by atoms with van der Waals surface area (Å²) in [7, 11) is 0. The third-order valence-electron chi connectivity index (χ3n) is 5.79. The summed E-state index contributed by atoms with van der Waals surface area (Å²) in [4.78, 5) is 25.5. The van der Waals surface area contributed by atoms with Crippen LogP contribution in [0.15, 0.2) is 42.5 Å². The van der Waals surface area contributed by atoms with Crippen LogP contribution in [-0.2, 0) is 22.4 Å². The fourth-order valence-electron chi connectivity index (χ4n) is 4.01. The molecule has 2 aromatic rings. The van der Waals surface area contributed by atoms with Gasteiger partial charge >= 0.3 is 6.03 Å². The van der Waals surface area contributed by atoms with E-state index in [1.165, 1.54) is 12.1 Å². The van der Waals surface area contributed by atoms with Crippen LogP contribution in [0.4, 0.5) is 10.5 Å². The van der Waals surface area contributed by atoms with Crippen molar-refractivity contribution in [2.45, 2.75) is 38.3 Å². The number of carbonyl (C=O) groups excluding carboxylic acids is 2. The fourth-order valence-corrected chi connectivity index (χ4v) is 4.01. The number of morpholine rings is 1. The Balaban J connectivity index is 1.57. The number of hydrogen-bond donors (Lipinski definition) is 5. The van der Waals surface area contributed by atoms with Gasteiger partial charge in [0.05, 0.1) is 31.4 Å². The Hall–Kier alpha value is -3.14. The number of ether oxygens (including phenoxy) is 1. The Kier molecular flexibility index (Phi) is 8.49. The Morgan fingerprint density at radius 1 is 1.15 bits per heavy atom. The zero-order valence-electron chi connectivity index (χ0n) is 19.7. The number of aliphatic hydroxyl groups excluding tert-OH is 1. The van der Waals surface area contributed by atoms with E-state index in [9.17, 15) is 19.8 Å². The molecule has 0 aliphatic carbocycles. The minimum Gasteiger partial charge on any atom is -0.506 e. The maximum Gasteiger partial charge on any atom is 0.316 e. The highest BCUT2D eigenvalue weighted by Crippen LogP contribution is 2.27. The van der Waals surface area contributed by atoms with Crippen LogP contribution in [0.25, 0.3) is 0 Å². The molecule has 0 radical (unpaired) electrons. The number of benzene rings is 2. The van der Waals surface area contributed by atoms with Crippen LogP contribution < -0.4 is 16.4 Å². The number of β-amino-alcohol motifs (C(OH)–C–C–N with tert-alkyl or cyclic N) is 1. The lowest BCUT2D eigenvalue weighted by molar-refractivity contribution is -0.134. The maximum absolute atomic E-state index is 12.6. The smallest absolute Gasteiger partial charge is 0.316 e. The van der Waals surface area contributed by atoms with Gasteiger partial charge in [0.2, 0.25) is 5.91 Å². The lowest BCUT2D eigenvalue weighted by atomic mass is 9.93. The molecule has 0 bridgehead atoms. The summed E-state index contributed by atoms with van der Waals surface area (Å²) in [5.41, 5.74) is 7.54. The highest BCUT2D eigenvalue weighted by Gasteiger charge is 2.21. The molecule has 1 heterocycles. The minimum atomic E-state index is -0.856. The van der Waals surface area contributed by atoms with Gasteiger partial charge in [-0.1, -0.05) is 30.3 Å². The van der Waals surface area contributed by atoms with E-state index in [1.807, 2.05) is 36.9 Å². The molecule has 1 unspecified atom stereocenters. The van der Waals surface area contributed by atoms with Gasteiger partial charge in [-0.25, -0.2) is 4.79 Å². The SMILES string of the molecule is CC(C)(Cc1cccc(CC(=O)N2CCOCC2)c1)NCC(O)c1ccc(O)c(NC(N)=O)c1. The van der Waals surface area contributed by atoms with Gasteiger partial charge in [-0.2, -0.15) is 0 Å². The predicted octanol–water partition coefficient (Wildman–Crippen LogP) is 1.93. The van der Waals surface area contributed by atoms with Crippen LogP contribution in [-0.4, -0.2) is 65.4 Å². The van der Waals surface area contributed by atoms with Crippen LogP contribution in [0.2, 0.25) is 0 Å². The van der Waals surface area contributed by atoms with Crippen LogP contribution in [0.5, 0.6) is 5.75 Å². The largest absolute Gasteiger partial charge is 0.506 e. The summed E-state index contributed by atoms with van der Waals surface area (Å²) < 4.78 is 5.32. The van der Waals surface area contributed by atoms with E-state index in [-0.39, 0.29) is 29.4 Å². The molecule has 9 nitrogen and oxygen atoms in total. The van der Waals surface area contributed by atoms with Gasteiger partial charge in [-0.15, -0.1) is 0 Å². The van der Waals surface area contributed by atoms with Gasteiger partial charge in [0, 0.05) is 25.2 Å². The molecule has 6 N–H and O–H groups in total. The fraction of sp³-hybridized carbons (Fsp3) is 0.440. The zero-order valence-corrected chi connectivity index (χ0v) is 19.7. The number of hydrogen-bond acceptors (Lipinski definition) is 6. The molecule has 9 heteroatoms. The van der Waals surface area contributed by atoms with E-state index in [4.69, 9.17) is 10.5 Å². The lowest BCUT2D eigenvalue weighted by Gasteiger charge is -2.29. The van der Waals surface area contributed by atoms with Crippen LogP contribution in [0, 0.1) is 0 Å². The van der Waals surface area contributed by atoms with Crippen LogP contribution in [0.3, 0.4) is 0 Å². The minimum absolute atomic E-state index is 0.111. The quantitative estimate of drug-likeness (QED) is 0.355. The molecule has 3 amide bonds. The number of phenolic OH excluding ortho intramolecular Hbond substituents is 1. The molecule has 1 saturated heterocycles. The predicted molar refractivity (Wildman–Crippen MR) is 130 cm³/mol. The summed E-state index contributed by atoms with van der Waals surface area (Å²) in [6.45, 7) is 6.81. The van der Waals surface area contributed by atoms with Crippen molar-refractivity contribution in [3.63, 3.8) is 0 Å². The third kappa shape index (κ3) is 7.44. The van der Waals surface area contributed by atoms with E-state index in [2.05, 4.69) is 16.7 Å². The van der Waals surface area contributed by atoms with E-state index in [0.717, 1.165) is 11.1 Å². The second-order valence-corrected chi connectivity index (χ2v) is 9.21. The number of nitrogens with two attached hydrogens (primary N) is 1. The summed E-state index contributed by atoms with van der Waals surface area (Å²) in [5.74, 6) is -0.0185. The number of carbonyl (C=O) groups is 2. The van der Waals surface area contributed by atoms with Crippen molar-refractivity contribution in [2.24, 2.45) is 5.73 Å². The molecule has 1 aliphatic heterocycles. The highest BCUT2D eigenvalue weighted by atomic mass is 16.5. The van der Waals surface area contributed by atoms with Gasteiger partial charge in [0.15, 0.2) is 0 Å². The average molecular weight is 471 g/mol. The molecule has 0 aromatic heterocycles. The number of rotatable bonds is 9. The van der Waals surface area contributed by atoms with Gasteiger partial charge in [-0.05, 0) is 49.1 Å². The monoisotopic (exact) mass is 470 g/mol. The van der Waals surface area contributed by atoms with Gasteiger partial charge in [0.1, 0.15) is 5.75 Å². The number of nitrogens with zero attached hydrogens (tertiary/aromatic N) is 1. The normalized spacial score (nSPS) is 15.1. The van der Waals surface area contributed by atoms with Crippen LogP contribution >= 0.6 is 0 Å². The first-order chi connectivity index (χ1) is 16.1. The van der Waals surface area contributed by atoms with Gasteiger partial charge in [-0.3, -0.25) is 4.79 Å². The second-order valence-electron chi connectivity index (χ2n) is 9.21. The zero-order chi connectivity index (χ0) is 24.7. The first-order valence-corrected chi connectivity index (χ1v) is 11.4. The molecule has 34 heavy (non-hydrogen) atoms. The van der Waals surface area contributed by atoms with E-state index in [0.29, 0.717) is 44.7 Å². The summed E-state index contributed by atoms with van der Waals surface area (Å²) in [5, 5.41) is 26.2. The van der Waals surface area contributed by atoms with Crippen molar-refractivity contribution in [3.05, 3.63) is 59.2 Å². The van der Waals surface area contributed by atoms with E-state index in [1.54, 1.807) is 6.07 Å². The second kappa shape index (κ2) is 11.3. The molecule has 1 aliphatic rings. The number of aliphatic hydroxyl groups is 1. The molecule has 0 saturated carbocycles. The lowest BCUT2D eigenvalue weighted by Crippen LogP contribution is -2.43. The van der Waals surface area contributed by atoms with Gasteiger partial charge < -0.3 is 36.2 Å². The standard InChI is InChI=1S/C25H34N4O5/c1-25(2,27-16-22(31)19-6-7-21(30)20(14-19)28-24(26)33)15-18-5-3-4-17(12-18)13-23(32)29-8-10-34-11-9-29/h3-7,12,14,22,27,30-31H,8-11,13,15-16H2,1-2H3,(H3,26,28,33). The molecule has 184 valence electrons. The van der Waals surface area contributed by atoms with E-state index >= 15 is 0 Å². The molecular formula is C25H34N4O5. The summed E-state index contributed by atoms with van der Waals surface area (Å²) in [6.07, 6.45) is 0.206. The molecule has 0 spiro atoms. The number of primary amides is 1. The number of phenols is 1. The van der Waals surface area contributed by atoms with Crippen molar-refractivity contribution in [1.29, 1.82) is 0 Å². The Morgan fingerprint density at radius 3 is 2.56 bits per heavy atom. The topological polar surface area (TPSA) is 137 Å². The van der Waals surface area contributed by atoms with Gasteiger partial charge in [0.25, 0.3) is 0 Å². The van der Waals surface area contributed by atoms with Crippen molar-refractivity contribution in [3.8, 4) is 5.75 Å². The number of nitrogens with one attached hydrogen (secondary N) is 2. The molecular weight excluding hydrogens is 436 g/mol. The van der Waals surface area contributed by atoms with Crippen LogP contribution in [0.1, 0.15) is 36.6 Å². The van der Waals surface area contributed by atoms with Crippen molar-refractivity contribution >= 4 is 17.6 Å². The number of anilines is 1. The molecule has 1 atom stereocenters.